The fourth-order valence-electron chi connectivity index (χ4n) is 8.41. The predicted molar refractivity (Wildman–Crippen MR) is 249 cm³/mol. The maximum atomic E-state index is 2.34. The zero-order valence-electron chi connectivity index (χ0n) is 36.8. The molecule has 0 rings (SSSR count). The van der Waals surface area contributed by atoms with Crippen LogP contribution >= 0.6 is 37.2 Å². The Labute approximate surface area is 350 Å². The Balaban J connectivity index is -0.00000384. The average molecular weight is 801 g/mol. The van der Waals surface area contributed by atoms with E-state index in [2.05, 4.69) is 27.7 Å². The van der Waals surface area contributed by atoms with E-state index < -0.39 is 0 Å². The van der Waals surface area contributed by atoms with Crippen molar-refractivity contribution in [1.82, 2.24) is 0 Å². The van der Waals surface area contributed by atoms with Gasteiger partial charge in [0.15, 0.2) is 0 Å². The molecule has 0 aromatic carbocycles. The van der Waals surface area contributed by atoms with E-state index in [4.69, 9.17) is 0 Å². The van der Waals surface area contributed by atoms with Crippen LogP contribution in [0.3, 0.4) is 0 Å². The summed E-state index contributed by atoms with van der Waals surface area (Å²) in [5.74, 6) is 0. The van der Waals surface area contributed by atoms with Gasteiger partial charge in [-0.3, -0.25) is 0 Å². The van der Waals surface area contributed by atoms with Crippen molar-refractivity contribution in [2.75, 3.05) is 26.2 Å². The SMILES string of the molecule is CCCCCCCCCCCC[N+](CCCCCCCCCCCC)(CCCCCCCCCCCC)CCCCCCCCCCCC.Cl.Cl.Cl. The lowest BCUT2D eigenvalue weighted by Crippen LogP contribution is -2.50. The lowest BCUT2D eigenvalue weighted by atomic mass is 10.0. The number of quaternary nitrogens is 1. The van der Waals surface area contributed by atoms with Crippen molar-refractivity contribution in [1.29, 1.82) is 0 Å². The van der Waals surface area contributed by atoms with Crippen molar-refractivity contribution in [3.63, 3.8) is 0 Å². The van der Waals surface area contributed by atoms with E-state index in [1.165, 1.54) is 287 Å². The van der Waals surface area contributed by atoms with Crippen LogP contribution in [-0.2, 0) is 0 Å². The van der Waals surface area contributed by atoms with Crippen LogP contribution in [0.1, 0.15) is 285 Å². The van der Waals surface area contributed by atoms with Crippen LogP contribution in [0.15, 0.2) is 0 Å². The maximum absolute atomic E-state index is 2.34. The predicted octanol–water partition coefficient (Wildman–Crippen LogP) is 18.8. The number of hydrogen-bond acceptors (Lipinski definition) is 0. The van der Waals surface area contributed by atoms with Crippen molar-refractivity contribution >= 4 is 37.2 Å². The molecule has 0 aromatic rings. The van der Waals surface area contributed by atoms with E-state index >= 15 is 0 Å². The number of nitrogens with zero attached hydrogens (tertiary/aromatic N) is 1. The molecule has 0 radical (unpaired) electrons. The first-order chi connectivity index (χ1) is 24.2. The van der Waals surface area contributed by atoms with Crippen LogP contribution in [0.2, 0.25) is 0 Å². The molecule has 0 aliphatic rings. The average Bonchev–Trinajstić information content (AvgIpc) is 3.11. The summed E-state index contributed by atoms with van der Waals surface area (Å²) in [6.45, 7) is 15.3. The highest BCUT2D eigenvalue weighted by Gasteiger charge is 2.25. The summed E-state index contributed by atoms with van der Waals surface area (Å²) in [5.41, 5.74) is 0. The van der Waals surface area contributed by atoms with Gasteiger partial charge in [-0.1, -0.05) is 233 Å². The Bertz CT molecular complexity index is 484. The molecule has 0 heterocycles. The zero-order valence-corrected chi connectivity index (χ0v) is 39.2. The highest BCUT2D eigenvalue weighted by Crippen LogP contribution is 2.22. The molecule has 0 spiro atoms. The Hall–Kier alpha value is 0.830. The Morgan fingerprint density at radius 1 is 0.173 bits per heavy atom. The van der Waals surface area contributed by atoms with Gasteiger partial charge in [0.05, 0.1) is 26.2 Å². The van der Waals surface area contributed by atoms with E-state index in [-0.39, 0.29) is 37.2 Å². The van der Waals surface area contributed by atoms with Crippen molar-refractivity contribution in [2.45, 2.75) is 285 Å². The minimum atomic E-state index is 0. The van der Waals surface area contributed by atoms with Gasteiger partial charge in [0.25, 0.3) is 0 Å². The molecule has 0 amide bonds. The Kier molecular flexibility index (Phi) is 59.3. The summed E-state index contributed by atoms with van der Waals surface area (Å²) in [6, 6.07) is 0. The summed E-state index contributed by atoms with van der Waals surface area (Å²) in [5, 5.41) is 0. The second-order valence-corrected chi connectivity index (χ2v) is 17.0. The van der Waals surface area contributed by atoms with Crippen LogP contribution in [0, 0.1) is 0 Å². The van der Waals surface area contributed by atoms with Crippen LogP contribution < -0.4 is 0 Å². The molecule has 1 nitrogen and oxygen atoms in total. The van der Waals surface area contributed by atoms with E-state index in [0.29, 0.717) is 0 Å². The van der Waals surface area contributed by atoms with Gasteiger partial charge >= 0.3 is 0 Å². The molecule has 0 bridgehead atoms. The number of hydrogen-bond donors (Lipinski definition) is 0. The van der Waals surface area contributed by atoms with Crippen molar-refractivity contribution in [3.8, 4) is 0 Å². The lowest BCUT2D eigenvalue weighted by Gasteiger charge is -2.40. The second-order valence-electron chi connectivity index (χ2n) is 17.0. The highest BCUT2D eigenvalue weighted by atomic mass is 35.5. The van der Waals surface area contributed by atoms with E-state index in [0.717, 1.165) is 0 Å². The summed E-state index contributed by atoms with van der Waals surface area (Å²) in [4.78, 5) is 0. The topological polar surface area (TPSA) is 0 Å². The molecule has 0 aliphatic carbocycles. The van der Waals surface area contributed by atoms with Crippen LogP contribution in [0.4, 0.5) is 0 Å². The maximum Gasteiger partial charge on any atom is 0.0786 e. The van der Waals surface area contributed by atoms with Crippen molar-refractivity contribution in [2.24, 2.45) is 0 Å². The fraction of sp³-hybridized carbons (Fsp3) is 1.00. The molecular weight excluding hydrogens is 697 g/mol. The smallest absolute Gasteiger partial charge is 0.0786 e. The first-order valence-corrected chi connectivity index (χ1v) is 24.1. The molecule has 0 atom stereocenters. The van der Waals surface area contributed by atoms with Gasteiger partial charge in [0, 0.05) is 0 Å². The van der Waals surface area contributed by atoms with Crippen LogP contribution in [0.25, 0.3) is 0 Å². The second kappa shape index (κ2) is 51.8. The molecule has 0 aromatic heterocycles. The van der Waals surface area contributed by atoms with E-state index in [9.17, 15) is 0 Å². The van der Waals surface area contributed by atoms with Crippen molar-refractivity contribution < 1.29 is 4.48 Å². The van der Waals surface area contributed by atoms with Gasteiger partial charge < -0.3 is 4.48 Å². The molecule has 320 valence electrons. The van der Waals surface area contributed by atoms with E-state index in [1.54, 1.807) is 0 Å². The van der Waals surface area contributed by atoms with Crippen LogP contribution in [0.5, 0.6) is 0 Å². The molecule has 0 fully saturated rings. The zero-order chi connectivity index (χ0) is 35.6. The van der Waals surface area contributed by atoms with Gasteiger partial charge in [-0.05, 0) is 51.4 Å². The summed E-state index contributed by atoms with van der Waals surface area (Å²) in [6.07, 6.45) is 58.7. The summed E-state index contributed by atoms with van der Waals surface area (Å²) in [7, 11) is 0. The van der Waals surface area contributed by atoms with E-state index in [1.807, 2.05) is 0 Å². The van der Waals surface area contributed by atoms with Gasteiger partial charge in [0.1, 0.15) is 0 Å². The summed E-state index contributed by atoms with van der Waals surface area (Å²) < 4.78 is 1.49. The Morgan fingerprint density at radius 3 is 0.423 bits per heavy atom. The van der Waals surface area contributed by atoms with Gasteiger partial charge in [-0.2, -0.15) is 0 Å². The largest absolute Gasteiger partial charge is 0.324 e. The lowest BCUT2D eigenvalue weighted by molar-refractivity contribution is -0.929. The molecule has 4 heteroatoms. The number of unbranched alkanes of at least 4 members (excludes halogenated alkanes) is 36. The molecule has 0 unspecified atom stereocenters. The highest BCUT2D eigenvalue weighted by molar-refractivity contribution is 5.86. The Morgan fingerprint density at radius 2 is 0.288 bits per heavy atom. The third-order valence-electron chi connectivity index (χ3n) is 11.9. The standard InChI is InChI=1S/C48H100N.3ClH/c1-5-9-13-17-21-25-29-33-37-41-45-49(46-42-38-34-30-26-22-18-14-10-6-2,47-43-39-35-31-27-23-19-15-11-7-3)48-44-40-36-32-28-24-20-16-12-8-4;;;/h5-48H2,1-4H3;3*1H/q+1;;;. The molecule has 52 heavy (non-hydrogen) atoms. The number of rotatable bonds is 44. The minimum absolute atomic E-state index is 0. The first-order valence-electron chi connectivity index (χ1n) is 24.1. The van der Waals surface area contributed by atoms with Gasteiger partial charge in [-0.25, -0.2) is 0 Å². The fourth-order valence-corrected chi connectivity index (χ4v) is 8.41. The van der Waals surface area contributed by atoms with Gasteiger partial charge in [0.2, 0.25) is 0 Å². The van der Waals surface area contributed by atoms with Gasteiger partial charge in [-0.15, -0.1) is 37.2 Å². The molecule has 0 saturated heterocycles. The normalized spacial score (nSPS) is 11.3. The molecular formula is C48H103Cl3N+. The van der Waals surface area contributed by atoms with Crippen LogP contribution in [-0.4, -0.2) is 30.7 Å². The monoisotopic (exact) mass is 799 g/mol. The number of halogens is 3. The quantitative estimate of drug-likeness (QED) is 0.0425. The summed E-state index contributed by atoms with van der Waals surface area (Å²) >= 11 is 0. The molecule has 0 aliphatic heterocycles. The van der Waals surface area contributed by atoms with Crippen molar-refractivity contribution in [3.05, 3.63) is 0 Å². The minimum Gasteiger partial charge on any atom is -0.324 e. The first kappa shape index (κ1) is 59.5. The molecule has 0 saturated carbocycles. The molecule has 0 N–H and O–H groups in total. The third-order valence-corrected chi connectivity index (χ3v) is 11.9. The third kappa shape index (κ3) is 45.2.